The molecule has 1 heterocycles. The van der Waals surface area contributed by atoms with Crippen molar-refractivity contribution in [1.82, 2.24) is 14.5 Å². The van der Waals surface area contributed by atoms with E-state index in [4.69, 9.17) is 4.74 Å². The molecule has 27 heavy (non-hydrogen) atoms. The Labute approximate surface area is 162 Å². The number of carbonyl (C=O) groups is 1. The van der Waals surface area contributed by atoms with Gasteiger partial charge in [-0.25, -0.2) is 17.9 Å². The van der Waals surface area contributed by atoms with E-state index in [-0.39, 0.29) is 11.8 Å². The molecule has 0 radical (unpaired) electrons. The Kier molecular flexibility index (Phi) is 7.25. The van der Waals surface area contributed by atoms with Gasteiger partial charge in [-0.3, -0.25) is 4.90 Å². The van der Waals surface area contributed by atoms with Crippen molar-refractivity contribution in [1.29, 1.82) is 0 Å². The highest BCUT2D eigenvalue weighted by Gasteiger charge is 2.25. The van der Waals surface area contributed by atoms with Crippen molar-refractivity contribution in [3.8, 4) is 0 Å². The number of aryl methyl sites for hydroxylation is 1. The number of carbonyl (C=O) groups excluding carboxylic acids is 1. The number of nitrogens with zero attached hydrogens (tertiary/aromatic N) is 2. The summed E-state index contributed by atoms with van der Waals surface area (Å²) in [6.07, 6.45) is -0.291. The lowest BCUT2D eigenvalue weighted by Crippen LogP contribution is -2.51. The number of nitrogens with one attached hydrogen (secondary N) is 1. The van der Waals surface area contributed by atoms with E-state index < -0.39 is 15.6 Å². The molecule has 1 aliphatic heterocycles. The minimum Gasteiger partial charge on any atom is -0.444 e. The van der Waals surface area contributed by atoms with E-state index in [9.17, 15) is 13.2 Å². The normalized spacial score (nSPS) is 16.4. The number of rotatable bonds is 6. The van der Waals surface area contributed by atoms with Gasteiger partial charge in [-0.1, -0.05) is 24.3 Å². The number of ether oxygens (including phenoxy) is 1. The fourth-order valence-corrected chi connectivity index (χ4v) is 4.11. The van der Waals surface area contributed by atoms with E-state index in [1.807, 2.05) is 52.0 Å². The Hall–Kier alpha value is -1.64. The summed E-state index contributed by atoms with van der Waals surface area (Å²) in [7, 11) is -3.36. The summed E-state index contributed by atoms with van der Waals surface area (Å²) in [4.78, 5) is 15.9. The van der Waals surface area contributed by atoms with Gasteiger partial charge in [0, 0.05) is 39.3 Å². The molecule has 0 saturated carbocycles. The first kappa shape index (κ1) is 21.7. The van der Waals surface area contributed by atoms with E-state index >= 15 is 0 Å². The summed E-state index contributed by atoms with van der Waals surface area (Å²) in [5.41, 5.74) is 1.29. The molecule has 0 unspecified atom stereocenters. The van der Waals surface area contributed by atoms with Crippen LogP contribution in [0, 0.1) is 6.92 Å². The number of sulfonamides is 1. The highest BCUT2D eigenvalue weighted by molar-refractivity contribution is 7.88. The summed E-state index contributed by atoms with van der Waals surface area (Å²) < 4.78 is 32.6. The van der Waals surface area contributed by atoms with Crippen LogP contribution < -0.4 is 4.72 Å². The first-order valence-corrected chi connectivity index (χ1v) is 10.9. The first-order chi connectivity index (χ1) is 12.6. The van der Waals surface area contributed by atoms with Crippen LogP contribution in [0.4, 0.5) is 4.79 Å². The number of amides is 1. The standard InChI is InChI=1S/C19H31N3O4S/c1-16-7-5-6-8-17(16)15-27(24,25)20-9-10-21-11-13-22(14-12-21)18(23)26-19(2,3)4/h5-8,20H,9-15H2,1-4H3. The number of benzene rings is 1. The minimum atomic E-state index is -3.36. The maximum atomic E-state index is 12.3. The Bertz CT molecular complexity index is 736. The van der Waals surface area contributed by atoms with E-state index in [0.717, 1.165) is 11.1 Å². The molecule has 0 bridgehead atoms. The summed E-state index contributed by atoms with van der Waals surface area (Å²) in [6, 6.07) is 7.50. The maximum Gasteiger partial charge on any atom is 0.410 e. The van der Waals surface area contributed by atoms with E-state index in [1.54, 1.807) is 4.90 Å². The Morgan fingerprint density at radius 2 is 1.78 bits per heavy atom. The molecule has 7 nitrogen and oxygen atoms in total. The summed E-state index contributed by atoms with van der Waals surface area (Å²) in [5, 5.41) is 0. The van der Waals surface area contributed by atoms with Crippen LogP contribution in [0.3, 0.4) is 0 Å². The Balaban J connectivity index is 1.72. The van der Waals surface area contributed by atoms with Gasteiger partial charge >= 0.3 is 6.09 Å². The smallest absolute Gasteiger partial charge is 0.410 e. The van der Waals surface area contributed by atoms with Gasteiger partial charge in [-0.15, -0.1) is 0 Å². The molecule has 8 heteroatoms. The molecule has 152 valence electrons. The topological polar surface area (TPSA) is 79.0 Å². The van der Waals surface area contributed by atoms with Crippen LogP contribution >= 0.6 is 0 Å². The second-order valence-corrected chi connectivity index (χ2v) is 9.70. The number of hydrogen-bond donors (Lipinski definition) is 1. The molecule has 1 fully saturated rings. The summed E-state index contributed by atoms with van der Waals surface area (Å²) in [6.45, 7) is 11.0. The third-order valence-electron chi connectivity index (χ3n) is 4.38. The van der Waals surface area contributed by atoms with Gasteiger partial charge in [0.1, 0.15) is 5.60 Å². The first-order valence-electron chi connectivity index (χ1n) is 9.28. The molecule has 1 aliphatic rings. The molecule has 2 rings (SSSR count). The fraction of sp³-hybridized carbons (Fsp3) is 0.632. The average Bonchev–Trinajstić information content (AvgIpc) is 2.56. The van der Waals surface area contributed by atoms with Crippen LogP contribution in [0.15, 0.2) is 24.3 Å². The zero-order chi connectivity index (χ0) is 20.1. The minimum absolute atomic E-state index is 0.00784. The highest BCUT2D eigenvalue weighted by atomic mass is 32.2. The second-order valence-electron chi connectivity index (χ2n) is 7.89. The van der Waals surface area contributed by atoms with Crippen molar-refractivity contribution < 1.29 is 17.9 Å². The van der Waals surface area contributed by atoms with Crippen molar-refractivity contribution >= 4 is 16.1 Å². The van der Waals surface area contributed by atoms with Crippen LogP contribution in [-0.4, -0.2) is 69.2 Å². The van der Waals surface area contributed by atoms with Crippen molar-refractivity contribution in [2.75, 3.05) is 39.3 Å². The Morgan fingerprint density at radius 1 is 1.15 bits per heavy atom. The van der Waals surface area contributed by atoms with Crippen LogP contribution in [0.2, 0.25) is 0 Å². The van der Waals surface area contributed by atoms with Gasteiger partial charge < -0.3 is 9.64 Å². The van der Waals surface area contributed by atoms with Crippen LogP contribution in [-0.2, 0) is 20.5 Å². The van der Waals surface area contributed by atoms with Gasteiger partial charge in [0.25, 0.3) is 0 Å². The van der Waals surface area contributed by atoms with E-state index in [0.29, 0.717) is 39.3 Å². The lowest BCUT2D eigenvalue weighted by molar-refractivity contribution is 0.0147. The average molecular weight is 398 g/mol. The predicted molar refractivity (Wildman–Crippen MR) is 106 cm³/mol. The molecule has 1 amide bonds. The highest BCUT2D eigenvalue weighted by Crippen LogP contribution is 2.12. The van der Waals surface area contributed by atoms with Gasteiger partial charge in [0.2, 0.25) is 10.0 Å². The van der Waals surface area contributed by atoms with E-state index in [1.165, 1.54) is 0 Å². The molecule has 0 aliphatic carbocycles. The number of hydrogen-bond acceptors (Lipinski definition) is 5. The quantitative estimate of drug-likeness (QED) is 0.794. The zero-order valence-corrected chi connectivity index (χ0v) is 17.5. The largest absolute Gasteiger partial charge is 0.444 e. The third-order valence-corrected chi connectivity index (χ3v) is 5.72. The van der Waals surface area contributed by atoms with Crippen LogP contribution in [0.25, 0.3) is 0 Å². The zero-order valence-electron chi connectivity index (χ0n) is 16.7. The number of piperazine rings is 1. The lowest BCUT2D eigenvalue weighted by Gasteiger charge is -2.35. The second kappa shape index (κ2) is 9.03. The van der Waals surface area contributed by atoms with Gasteiger partial charge in [0.05, 0.1) is 5.75 Å². The van der Waals surface area contributed by atoms with Crippen molar-refractivity contribution in [3.63, 3.8) is 0 Å². The van der Waals surface area contributed by atoms with Gasteiger partial charge in [0.15, 0.2) is 0 Å². The third kappa shape index (κ3) is 7.48. The summed E-state index contributed by atoms with van der Waals surface area (Å²) in [5.74, 6) is -0.00784. The molecular formula is C19H31N3O4S. The van der Waals surface area contributed by atoms with Gasteiger partial charge in [-0.2, -0.15) is 0 Å². The monoisotopic (exact) mass is 397 g/mol. The maximum absolute atomic E-state index is 12.3. The van der Waals surface area contributed by atoms with Crippen molar-refractivity contribution in [2.45, 2.75) is 39.0 Å². The van der Waals surface area contributed by atoms with Gasteiger partial charge in [-0.05, 0) is 38.8 Å². The fourth-order valence-electron chi connectivity index (χ4n) is 2.87. The van der Waals surface area contributed by atoms with Crippen molar-refractivity contribution in [2.24, 2.45) is 0 Å². The predicted octanol–water partition coefficient (Wildman–Crippen LogP) is 1.97. The lowest BCUT2D eigenvalue weighted by atomic mass is 10.1. The summed E-state index contributed by atoms with van der Waals surface area (Å²) >= 11 is 0. The van der Waals surface area contributed by atoms with Crippen LogP contribution in [0.1, 0.15) is 31.9 Å². The molecule has 0 aromatic heterocycles. The molecule has 1 aromatic carbocycles. The molecule has 0 spiro atoms. The Morgan fingerprint density at radius 3 is 2.37 bits per heavy atom. The van der Waals surface area contributed by atoms with Crippen LogP contribution in [0.5, 0.6) is 0 Å². The SMILES string of the molecule is Cc1ccccc1CS(=O)(=O)NCCN1CCN(C(=O)OC(C)(C)C)CC1. The molecule has 1 aromatic rings. The molecular weight excluding hydrogens is 366 g/mol. The molecule has 0 atom stereocenters. The van der Waals surface area contributed by atoms with Crippen molar-refractivity contribution in [3.05, 3.63) is 35.4 Å². The van der Waals surface area contributed by atoms with E-state index in [2.05, 4.69) is 9.62 Å². The molecule has 1 N–H and O–H groups in total. The molecule has 1 saturated heterocycles.